The number of rotatable bonds is 4. The molecule has 1 aromatic carbocycles. The van der Waals surface area contributed by atoms with Crippen LogP contribution in [0.3, 0.4) is 0 Å². The summed E-state index contributed by atoms with van der Waals surface area (Å²) >= 11 is 12.5. The van der Waals surface area contributed by atoms with E-state index in [9.17, 15) is 0 Å². The Bertz CT molecular complexity index is 385. The normalized spacial score (nSPS) is 27.7. The molecule has 1 fully saturated rings. The van der Waals surface area contributed by atoms with Crippen molar-refractivity contribution in [1.29, 1.82) is 0 Å². The second kappa shape index (κ2) is 6.27. The molecule has 1 aliphatic carbocycles. The lowest BCUT2D eigenvalue weighted by Gasteiger charge is -2.22. The molecule has 0 saturated heterocycles. The molecule has 100 valence electrons. The van der Waals surface area contributed by atoms with E-state index in [0.29, 0.717) is 17.9 Å². The van der Waals surface area contributed by atoms with Crippen molar-refractivity contribution in [2.45, 2.75) is 39.2 Å². The molecule has 1 nitrogen and oxygen atoms in total. The molecule has 0 radical (unpaired) electrons. The van der Waals surface area contributed by atoms with E-state index in [1.807, 2.05) is 18.2 Å². The van der Waals surface area contributed by atoms with Crippen LogP contribution >= 0.6 is 23.2 Å². The molecule has 0 spiro atoms. The highest BCUT2D eigenvalue weighted by molar-refractivity contribution is 6.35. The van der Waals surface area contributed by atoms with E-state index in [1.165, 1.54) is 12.8 Å². The first-order valence-corrected chi connectivity index (χ1v) is 7.55. The lowest BCUT2D eigenvalue weighted by molar-refractivity contribution is 0.355. The fourth-order valence-electron chi connectivity index (χ4n) is 3.08. The van der Waals surface area contributed by atoms with Gasteiger partial charge in [0.1, 0.15) is 0 Å². The van der Waals surface area contributed by atoms with Gasteiger partial charge in [-0.2, -0.15) is 0 Å². The zero-order valence-corrected chi connectivity index (χ0v) is 12.6. The van der Waals surface area contributed by atoms with Crippen LogP contribution in [0.4, 0.5) is 0 Å². The maximum atomic E-state index is 6.25. The Hall–Kier alpha value is -0.240. The Morgan fingerprint density at radius 2 is 1.89 bits per heavy atom. The molecule has 2 rings (SSSR count). The minimum Gasteiger partial charge on any atom is -0.314 e. The second-order valence-corrected chi connectivity index (χ2v) is 6.08. The van der Waals surface area contributed by atoms with E-state index in [2.05, 4.69) is 19.2 Å². The molecule has 0 amide bonds. The van der Waals surface area contributed by atoms with Gasteiger partial charge in [-0.15, -0.1) is 0 Å². The van der Waals surface area contributed by atoms with Crippen molar-refractivity contribution in [1.82, 2.24) is 5.32 Å². The van der Waals surface area contributed by atoms with Crippen LogP contribution in [0.5, 0.6) is 0 Å². The smallest absolute Gasteiger partial charge is 0.0452 e. The first-order chi connectivity index (χ1) is 8.63. The number of nitrogens with one attached hydrogen (secondary N) is 1. The molecule has 3 atom stereocenters. The van der Waals surface area contributed by atoms with E-state index in [4.69, 9.17) is 23.2 Å². The van der Waals surface area contributed by atoms with Crippen molar-refractivity contribution in [3.05, 3.63) is 33.8 Å². The van der Waals surface area contributed by atoms with Gasteiger partial charge in [0.05, 0.1) is 0 Å². The largest absolute Gasteiger partial charge is 0.314 e. The van der Waals surface area contributed by atoms with Crippen LogP contribution in [0.25, 0.3) is 0 Å². The summed E-state index contributed by atoms with van der Waals surface area (Å²) in [5.74, 6) is 1.38. The van der Waals surface area contributed by atoms with Crippen LogP contribution in [-0.2, 0) is 6.42 Å². The molecule has 1 saturated carbocycles. The molecule has 0 aliphatic heterocycles. The molecule has 1 aromatic rings. The lowest BCUT2D eigenvalue weighted by Crippen LogP contribution is -2.32. The summed E-state index contributed by atoms with van der Waals surface area (Å²) < 4.78 is 0. The van der Waals surface area contributed by atoms with Crippen molar-refractivity contribution < 1.29 is 0 Å². The van der Waals surface area contributed by atoms with Crippen molar-refractivity contribution >= 4 is 23.2 Å². The highest BCUT2D eigenvalue weighted by Gasteiger charge is 2.32. The molecular weight excluding hydrogens is 265 g/mol. The molecule has 1 aliphatic rings. The molecule has 0 aromatic heterocycles. The third-order valence-electron chi connectivity index (χ3n) is 4.22. The zero-order valence-electron chi connectivity index (χ0n) is 11.0. The molecule has 3 heteroatoms. The number of hydrogen-bond donors (Lipinski definition) is 1. The van der Waals surface area contributed by atoms with Gasteiger partial charge in [-0.25, -0.2) is 0 Å². The van der Waals surface area contributed by atoms with Crippen molar-refractivity contribution in [2.24, 2.45) is 11.8 Å². The van der Waals surface area contributed by atoms with E-state index < -0.39 is 0 Å². The van der Waals surface area contributed by atoms with Crippen LogP contribution in [0.2, 0.25) is 10.0 Å². The number of benzene rings is 1. The van der Waals surface area contributed by atoms with Crippen molar-refractivity contribution in [2.75, 3.05) is 6.54 Å². The van der Waals surface area contributed by atoms with Gasteiger partial charge in [0.2, 0.25) is 0 Å². The maximum absolute atomic E-state index is 6.25. The summed E-state index contributed by atoms with van der Waals surface area (Å²) in [5, 5.41) is 5.19. The average Bonchev–Trinajstić information content (AvgIpc) is 2.67. The topological polar surface area (TPSA) is 12.0 Å². The molecule has 3 unspecified atom stereocenters. The Balaban J connectivity index is 2.06. The molecule has 0 heterocycles. The predicted molar refractivity (Wildman–Crippen MR) is 79.5 cm³/mol. The summed E-state index contributed by atoms with van der Waals surface area (Å²) in [6.07, 6.45) is 3.53. The third kappa shape index (κ3) is 3.01. The Morgan fingerprint density at radius 3 is 2.50 bits per heavy atom. The summed E-state index contributed by atoms with van der Waals surface area (Å²) in [6.45, 7) is 5.56. The van der Waals surface area contributed by atoms with E-state index in [0.717, 1.165) is 28.6 Å². The van der Waals surface area contributed by atoms with Gasteiger partial charge in [-0.3, -0.25) is 0 Å². The fourth-order valence-corrected chi connectivity index (χ4v) is 3.63. The monoisotopic (exact) mass is 285 g/mol. The van der Waals surface area contributed by atoms with Gasteiger partial charge < -0.3 is 5.32 Å². The minimum absolute atomic E-state index is 0.654. The Morgan fingerprint density at radius 1 is 1.22 bits per heavy atom. The van der Waals surface area contributed by atoms with E-state index >= 15 is 0 Å². The van der Waals surface area contributed by atoms with Gasteiger partial charge in [0.25, 0.3) is 0 Å². The van der Waals surface area contributed by atoms with E-state index in [-0.39, 0.29) is 0 Å². The van der Waals surface area contributed by atoms with Crippen LogP contribution < -0.4 is 5.32 Å². The molecular formula is C15H21Cl2N. The van der Waals surface area contributed by atoms with Gasteiger partial charge in [-0.1, -0.05) is 43.1 Å². The van der Waals surface area contributed by atoms with Crippen molar-refractivity contribution in [3.8, 4) is 0 Å². The first kappa shape index (κ1) is 14.2. The number of halogens is 2. The number of hydrogen-bond acceptors (Lipinski definition) is 1. The summed E-state index contributed by atoms with van der Waals surface area (Å²) in [5.41, 5.74) is 1.12. The quantitative estimate of drug-likeness (QED) is 0.855. The summed E-state index contributed by atoms with van der Waals surface area (Å²) in [7, 11) is 0. The molecule has 0 bridgehead atoms. The van der Waals surface area contributed by atoms with Gasteiger partial charge in [-0.05, 0) is 55.3 Å². The van der Waals surface area contributed by atoms with Crippen LogP contribution in [-0.4, -0.2) is 12.6 Å². The highest BCUT2D eigenvalue weighted by Crippen LogP contribution is 2.37. The minimum atomic E-state index is 0.654. The van der Waals surface area contributed by atoms with Crippen LogP contribution in [0.1, 0.15) is 32.3 Å². The summed E-state index contributed by atoms with van der Waals surface area (Å²) in [6, 6.07) is 6.43. The predicted octanol–water partition coefficient (Wildman–Crippen LogP) is 4.56. The zero-order chi connectivity index (χ0) is 13.1. The Labute approximate surface area is 120 Å². The standard InChI is InChI=1S/C15H21Cl2N/c1-3-18-15-8-7-11(10(15)2)9-12-13(16)5-4-6-14(12)17/h4-6,10-11,15,18H,3,7-9H2,1-2H3. The SMILES string of the molecule is CCNC1CCC(Cc2c(Cl)cccc2Cl)C1C. The lowest BCUT2D eigenvalue weighted by atomic mass is 9.89. The second-order valence-electron chi connectivity index (χ2n) is 5.27. The third-order valence-corrected chi connectivity index (χ3v) is 4.93. The first-order valence-electron chi connectivity index (χ1n) is 6.79. The maximum Gasteiger partial charge on any atom is 0.0452 e. The van der Waals surface area contributed by atoms with Gasteiger partial charge in [0.15, 0.2) is 0 Å². The van der Waals surface area contributed by atoms with E-state index in [1.54, 1.807) is 0 Å². The Kier molecular flexibility index (Phi) is 4.94. The molecule has 18 heavy (non-hydrogen) atoms. The average molecular weight is 286 g/mol. The van der Waals surface area contributed by atoms with Gasteiger partial charge >= 0.3 is 0 Å². The fraction of sp³-hybridized carbons (Fsp3) is 0.600. The molecule has 1 N–H and O–H groups in total. The van der Waals surface area contributed by atoms with Crippen LogP contribution in [0.15, 0.2) is 18.2 Å². The summed E-state index contributed by atoms with van der Waals surface area (Å²) in [4.78, 5) is 0. The highest BCUT2D eigenvalue weighted by atomic mass is 35.5. The van der Waals surface area contributed by atoms with Crippen molar-refractivity contribution in [3.63, 3.8) is 0 Å². The van der Waals surface area contributed by atoms with Gasteiger partial charge in [0, 0.05) is 16.1 Å². The van der Waals surface area contributed by atoms with Crippen LogP contribution in [0, 0.1) is 11.8 Å².